The van der Waals surface area contributed by atoms with E-state index in [0.29, 0.717) is 28.8 Å². The van der Waals surface area contributed by atoms with Crippen LogP contribution < -0.4 is 24.8 Å². The number of ether oxygens (including phenoxy) is 3. The van der Waals surface area contributed by atoms with Gasteiger partial charge in [0.15, 0.2) is 11.5 Å². The van der Waals surface area contributed by atoms with Crippen LogP contribution >= 0.6 is 0 Å². The molecule has 0 atom stereocenters. The monoisotopic (exact) mass is 392 g/mol. The number of benzene rings is 2. The molecule has 0 bridgehead atoms. The fraction of sp³-hybridized carbons (Fsp3) is 0.190. The predicted octanol–water partition coefficient (Wildman–Crippen LogP) is 3.99. The van der Waals surface area contributed by atoms with Gasteiger partial charge in [-0.2, -0.15) is 0 Å². The first-order valence-electron chi connectivity index (χ1n) is 9.14. The molecule has 8 heteroatoms. The minimum atomic E-state index is -0.360. The Morgan fingerprint density at radius 2 is 1.90 bits per heavy atom. The number of nitrogens with zero attached hydrogens (tertiary/aromatic N) is 2. The van der Waals surface area contributed by atoms with E-state index in [9.17, 15) is 4.79 Å². The fourth-order valence-electron chi connectivity index (χ4n) is 2.78. The van der Waals surface area contributed by atoms with Crippen LogP contribution in [0.2, 0.25) is 0 Å². The minimum absolute atomic E-state index is 0.0337. The van der Waals surface area contributed by atoms with Gasteiger partial charge in [-0.05, 0) is 38.1 Å². The van der Waals surface area contributed by atoms with Crippen LogP contribution in [-0.4, -0.2) is 28.8 Å². The SMILES string of the molecule is CC(C)Oc1ccccc1Nc1cc(C(=O)Nc2ccc3c(c2)OCO3)ncn1. The van der Waals surface area contributed by atoms with E-state index in [1.165, 1.54) is 6.33 Å². The molecule has 2 aromatic carbocycles. The molecule has 0 aliphatic carbocycles. The molecule has 1 amide bonds. The van der Waals surface area contributed by atoms with Crippen LogP contribution in [0, 0.1) is 0 Å². The Hall–Kier alpha value is -3.81. The van der Waals surface area contributed by atoms with Crippen LogP contribution in [0.4, 0.5) is 17.2 Å². The largest absolute Gasteiger partial charge is 0.489 e. The number of para-hydroxylation sites is 2. The van der Waals surface area contributed by atoms with E-state index in [0.717, 1.165) is 5.69 Å². The van der Waals surface area contributed by atoms with Gasteiger partial charge in [0, 0.05) is 17.8 Å². The zero-order valence-electron chi connectivity index (χ0n) is 16.0. The summed E-state index contributed by atoms with van der Waals surface area (Å²) in [5.41, 5.74) is 1.56. The normalized spacial score (nSPS) is 12.0. The smallest absolute Gasteiger partial charge is 0.274 e. The first-order chi connectivity index (χ1) is 14.1. The number of carbonyl (C=O) groups excluding carboxylic acids is 1. The standard InChI is InChI=1S/C21H20N4O4/c1-13(2)29-17-6-4-3-5-15(17)25-20-10-16(22-11-23-20)21(26)24-14-7-8-18-19(9-14)28-12-27-18/h3-11,13H,12H2,1-2H3,(H,24,26)(H,22,23,25). The lowest BCUT2D eigenvalue weighted by Crippen LogP contribution is -2.14. The lowest BCUT2D eigenvalue weighted by molar-refractivity contribution is 0.102. The van der Waals surface area contributed by atoms with E-state index in [-0.39, 0.29) is 24.5 Å². The average molecular weight is 392 g/mol. The van der Waals surface area contributed by atoms with Gasteiger partial charge < -0.3 is 24.8 Å². The van der Waals surface area contributed by atoms with E-state index in [1.54, 1.807) is 24.3 Å². The Kier molecular flexibility index (Phi) is 5.15. The van der Waals surface area contributed by atoms with E-state index >= 15 is 0 Å². The molecule has 2 N–H and O–H groups in total. The highest BCUT2D eigenvalue weighted by Crippen LogP contribution is 2.34. The highest BCUT2D eigenvalue weighted by Gasteiger charge is 2.16. The van der Waals surface area contributed by atoms with Gasteiger partial charge >= 0.3 is 0 Å². The van der Waals surface area contributed by atoms with E-state index in [4.69, 9.17) is 14.2 Å². The third-order valence-corrected chi connectivity index (χ3v) is 4.04. The average Bonchev–Trinajstić information content (AvgIpc) is 3.17. The second kappa shape index (κ2) is 8.05. The molecule has 0 saturated carbocycles. The Morgan fingerprint density at radius 1 is 1.07 bits per heavy atom. The summed E-state index contributed by atoms with van der Waals surface area (Å²) in [5, 5.41) is 5.98. The summed E-state index contributed by atoms with van der Waals surface area (Å²) in [4.78, 5) is 20.9. The number of hydrogen-bond donors (Lipinski definition) is 2. The highest BCUT2D eigenvalue weighted by molar-refractivity contribution is 6.03. The number of anilines is 3. The molecule has 0 radical (unpaired) electrons. The van der Waals surface area contributed by atoms with Crippen LogP contribution in [0.1, 0.15) is 24.3 Å². The van der Waals surface area contributed by atoms with Crippen LogP contribution in [0.15, 0.2) is 54.9 Å². The van der Waals surface area contributed by atoms with Gasteiger partial charge in [0.05, 0.1) is 11.8 Å². The quantitative estimate of drug-likeness (QED) is 0.655. The van der Waals surface area contributed by atoms with Crippen LogP contribution in [0.25, 0.3) is 0 Å². The number of nitrogens with one attached hydrogen (secondary N) is 2. The summed E-state index contributed by atoms with van der Waals surface area (Å²) in [6.07, 6.45) is 1.37. The molecule has 1 aliphatic heterocycles. The predicted molar refractivity (Wildman–Crippen MR) is 108 cm³/mol. The number of rotatable bonds is 6. The Balaban J connectivity index is 1.49. The Labute approximate surface area is 167 Å². The molecule has 8 nitrogen and oxygen atoms in total. The van der Waals surface area contributed by atoms with Gasteiger partial charge in [-0.25, -0.2) is 9.97 Å². The maximum absolute atomic E-state index is 12.6. The van der Waals surface area contributed by atoms with Crippen molar-refractivity contribution in [3.8, 4) is 17.2 Å². The van der Waals surface area contributed by atoms with Crippen molar-refractivity contribution >= 4 is 23.1 Å². The summed E-state index contributed by atoms with van der Waals surface area (Å²) >= 11 is 0. The van der Waals surface area contributed by atoms with Crippen molar-refractivity contribution in [2.75, 3.05) is 17.4 Å². The zero-order valence-corrected chi connectivity index (χ0v) is 16.0. The number of aromatic nitrogens is 2. The Morgan fingerprint density at radius 3 is 2.76 bits per heavy atom. The third-order valence-electron chi connectivity index (χ3n) is 4.04. The number of carbonyl (C=O) groups is 1. The summed E-state index contributed by atoms with van der Waals surface area (Å²) in [5.74, 6) is 2.07. The molecule has 29 heavy (non-hydrogen) atoms. The molecule has 0 spiro atoms. The van der Waals surface area contributed by atoms with Crippen LogP contribution in [0.3, 0.4) is 0 Å². The van der Waals surface area contributed by atoms with Gasteiger partial charge in [-0.3, -0.25) is 4.79 Å². The van der Waals surface area contributed by atoms with Gasteiger partial charge in [0.1, 0.15) is 23.6 Å². The molecule has 1 aliphatic rings. The molecule has 0 fully saturated rings. The topological polar surface area (TPSA) is 94.6 Å². The minimum Gasteiger partial charge on any atom is -0.489 e. The highest BCUT2D eigenvalue weighted by atomic mass is 16.7. The first-order valence-corrected chi connectivity index (χ1v) is 9.14. The first kappa shape index (κ1) is 18.5. The maximum Gasteiger partial charge on any atom is 0.274 e. The van der Waals surface area contributed by atoms with E-state index in [1.807, 2.05) is 38.1 Å². The molecular formula is C21H20N4O4. The molecule has 2 heterocycles. The van der Waals surface area contributed by atoms with Crippen molar-refractivity contribution in [1.29, 1.82) is 0 Å². The molecule has 3 aromatic rings. The van der Waals surface area contributed by atoms with E-state index < -0.39 is 0 Å². The summed E-state index contributed by atoms with van der Waals surface area (Å²) < 4.78 is 16.4. The maximum atomic E-state index is 12.6. The second-order valence-electron chi connectivity index (χ2n) is 6.60. The van der Waals surface area contributed by atoms with Crippen molar-refractivity contribution in [1.82, 2.24) is 9.97 Å². The van der Waals surface area contributed by atoms with Crippen LogP contribution in [-0.2, 0) is 0 Å². The van der Waals surface area contributed by atoms with Crippen molar-refractivity contribution in [2.45, 2.75) is 20.0 Å². The molecule has 0 unspecified atom stereocenters. The number of fused-ring (bicyclic) bond motifs is 1. The summed E-state index contributed by atoms with van der Waals surface area (Å²) in [7, 11) is 0. The van der Waals surface area contributed by atoms with Gasteiger partial charge in [0.2, 0.25) is 6.79 Å². The number of amides is 1. The van der Waals surface area contributed by atoms with Crippen molar-refractivity contribution in [3.05, 3.63) is 60.6 Å². The lowest BCUT2D eigenvalue weighted by atomic mass is 10.2. The molecule has 148 valence electrons. The van der Waals surface area contributed by atoms with Gasteiger partial charge in [-0.15, -0.1) is 0 Å². The molecular weight excluding hydrogens is 372 g/mol. The molecule has 0 saturated heterocycles. The van der Waals surface area contributed by atoms with Crippen molar-refractivity contribution in [2.24, 2.45) is 0 Å². The zero-order chi connectivity index (χ0) is 20.2. The van der Waals surface area contributed by atoms with Gasteiger partial charge in [-0.1, -0.05) is 12.1 Å². The molecule has 4 rings (SSSR count). The lowest BCUT2D eigenvalue weighted by Gasteiger charge is -2.15. The number of hydrogen-bond acceptors (Lipinski definition) is 7. The Bertz CT molecular complexity index is 1040. The summed E-state index contributed by atoms with van der Waals surface area (Å²) in [6.45, 7) is 4.09. The van der Waals surface area contributed by atoms with Crippen LogP contribution in [0.5, 0.6) is 17.2 Å². The van der Waals surface area contributed by atoms with E-state index in [2.05, 4.69) is 20.6 Å². The van der Waals surface area contributed by atoms with Crippen molar-refractivity contribution < 1.29 is 19.0 Å². The van der Waals surface area contributed by atoms with Crippen molar-refractivity contribution in [3.63, 3.8) is 0 Å². The summed E-state index contributed by atoms with van der Waals surface area (Å²) in [6, 6.07) is 14.3. The molecule has 1 aromatic heterocycles. The van der Waals surface area contributed by atoms with Gasteiger partial charge in [0.25, 0.3) is 5.91 Å². The second-order valence-corrected chi connectivity index (χ2v) is 6.60. The fourth-order valence-corrected chi connectivity index (χ4v) is 2.78. The third kappa shape index (κ3) is 4.37.